The number of rotatable bonds is 4. The molecule has 120 valence electrons. The van der Waals surface area contributed by atoms with Crippen molar-refractivity contribution < 1.29 is 23.4 Å². The summed E-state index contributed by atoms with van der Waals surface area (Å²) in [6.45, 7) is 1.41. The molecule has 0 saturated heterocycles. The van der Waals surface area contributed by atoms with Crippen LogP contribution >= 0.6 is 0 Å². The van der Waals surface area contributed by atoms with Crippen LogP contribution in [0, 0.1) is 11.0 Å². The third-order valence-electron chi connectivity index (χ3n) is 2.87. The minimum atomic E-state index is -1.02. The van der Waals surface area contributed by atoms with Gasteiger partial charge in [0.2, 0.25) is 0 Å². The first-order valence-electron chi connectivity index (χ1n) is 6.67. The summed E-state index contributed by atoms with van der Waals surface area (Å²) < 4.78 is 19.1. The molecule has 0 fully saturated rings. The van der Waals surface area contributed by atoms with Gasteiger partial charge in [-0.25, -0.2) is 4.39 Å². The molecule has 0 aliphatic heterocycles. The van der Waals surface area contributed by atoms with Gasteiger partial charge in [0.05, 0.1) is 5.56 Å². The van der Waals surface area contributed by atoms with Crippen LogP contribution in [-0.2, 0) is 4.79 Å². The number of hydrogen-bond acceptors (Lipinski definition) is 4. The zero-order chi connectivity index (χ0) is 16.8. The minimum absolute atomic E-state index is 0.0652. The van der Waals surface area contributed by atoms with Gasteiger partial charge in [0.15, 0.2) is 30.1 Å². The topological polar surface area (TPSA) is 94.4 Å². The molecule has 1 unspecified atom stereocenters. The fraction of sp³-hybridized carbons (Fsp3) is 0.133. The van der Waals surface area contributed by atoms with Crippen LogP contribution < -0.4 is 20.3 Å². The molecule has 2 rings (SSSR count). The van der Waals surface area contributed by atoms with Crippen molar-refractivity contribution in [1.29, 1.82) is 0 Å². The highest BCUT2D eigenvalue weighted by atomic mass is 19.1. The second kappa shape index (κ2) is 7.21. The lowest BCUT2D eigenvalue weighted by molar-refractivity contribution is -0.605. The molecule has 0 aliphatic carbocycles. The zero-order valence-corrected chi connectivity index (χ0v) is 12.2. The Hall–Kier alpha value is -3.16. The predicted octanol–water partition coefficient (Wildman–Crippen LogP) is 0.688. The molecular formula is C15H14FN3O4. The Labute approximate surface area is 131 Å². The highest BCUT2D eigenvalue weighted by molar-refractivity contribution is 5.95. The van der Waals surface area contributed by atoms with E-state index in [0.29, 0.717) is 4.73 Å². The maximum Gasteiger partial charge on any atom is 0.279 e. The quantitative estimate of drug-likeness (QED) is 0.492. The van der Waals surface area contributed by atoms with Gasteiger partial charge in [-0.3, -0.25) is 20.4 Å². The van der Waals surface area contributed by atoms with Gasteiger partial charge in [-0.1, -0.05) is 12.1 Å². The number of benzene rings is 1. The van der Waals surface area contributed by atoms with Crippen molar-refractivity contribution >= 4 is 11.8 Å². The molecule has 2 aromatic rings. The lowest BCUT2D eigenvalue weighted by Crippen LogP contribution is -2.47. The summed E-state index contributed by atoms with van der Waals surface area (Å²) >= 11 is 0. The average molecular weight is 319 g/mol. The normalized spacial score (nSPS) is 11.4. The van der Waals surface area contributed by atoms with Crippen LogP contribution in [0.15, 0.2) is 48.8 Å². The Bertz CT molecular complexity index is 706. The maximum absolute atomic E-state index is 13.4. The van der Waals surface area contributed by atoms with Crippen LogP contribution in [0.3, 0.4) is 0 Å². The van der Waals surface area contributed by atoms with Crippen LogP contribution in [-0.4, -0.2) is 17.9 Å². The second-order valence-electron chi connectivity index (χ2n) is 4.58. The number of para-hydroxylation sites is 1. The van der Waals surface area contributed by atoms with Crippen molar-refractivity contribution in [3.63, 3.8) is 0 Å². The first-order chi connectivity index (χ1) is 11.0. The van der Waals surface area contributed by atoms with Crippen molar-refractivity contribution in [2.24, 2.45) is 0 Å². The van der Waals surface area contributed by atoms with Gasteiger partial charge in [-0.2, -0.15) is 4.73 Å². The first-order valence-corrected chi connectivity index (χ1v) is 6.67. The van der Waals surface area contributed by atoms with Crippen molar-refractivity contribution in [3.8, 4) is 5.75 Å². The summed E-state index contributed by atoms with van der Waals surface area (Å²) in [5, 5.41) is 10.9. The number of carbonyl (C=O) groups excluding carboxylic acids is 2. The monoisotopic (exact) mass is 319 g/mol. The Morgan fingerprint density at radius 1 is 1.17 bits per heavy atom. The summed E-state index contributed by atoms with van der Waals surface area (Å²) in [5.41, 5.74) is 4.53. The van der Waals surface area contributed by atoms with Gasteiger partial charge in [-0.05, 0) is 19.1 Å². The molecular weight excluding hydrogens is 305 g/mol. The van der Waals surface area contributed by atoms with Crippen molar-refractivity contribution in [1.82, 2.24) is 10.9 Å². The van der Waals surface area contributed by atoms with E-state index >= 15 is 0 Å². The van der Waals surface area contributed by atoms with Gasteiger partial charge in [0.1, 0.15) is 0 Å². The molecule has 1 heterocycles. The zero-order valence-electron chi connectivity index (χ0n) is 12.2. The number of hydrogen-bond donors (Lipinski definition) is 2. The van der Waals surface area contributed by atoms with E-state index in [2.05, 4.69) is 10.9 Å². The van der Waals surface area contributed by atoms with Crippen LogP contribution in [0.25, 0.3) is 0 Å². The fourth-order valence-electron chi connectivity index (χ4n) is 1.64. The Balaban J connectivity index is 1.87. The van der Waals surface area contributed by atoms with E-state index in [9.17, 15) is 19.2 Å². The third kappa shape index (κ3) is 4.40. The molecule has 8 heteroatoms. The summed E-state index contributed by atoms with van der Waals surface area (Å²) in [6.07, 6.45) is 1.29. The second-order valence-corrected chi connectivity index (χ2v) is 4.58. The number of nitrogens with one attached hydrogen (secondary N) is 2. The van der Waals surface area contributed by atoms with Gasteiger partial charge >= 0.3 is 0 Å². The van der Waals surface area contributed by atoms with Gasteiger partial charge in [-0.15, -0.1) is 0 Å². The average Bonchev–Trinajstić information content (AvgIpc) is 2.55. The van der Waals surface area contributed by atoms with Crippen LogP contribution in [0.5, 0.6) is 5.75 Å². The van der Waals surface area contributed by atoms with E-state index in [0.717, 1.165) is 12.4 Å². The van der Waals surface area contributed by atoms with E-state index in [-0.39, 0.29) is 11.3 Å². The van der Waals surface area contributed by atoms with Crippen LogP contribution in [0.1, 0.15) is 17.3 Å². The number of nitrogens with zero attached hydrogens (tertiary/aromatic N) is 1. The molecule has 0 aliphatic rings. The molecule has 1 aromatic carbocycles. The summed E-state index contributed by atoms with van der Waals surface area (Å²) in [7, 11) is 0. The summed E-state index contributed by atoms with van der Waals surface area (Å²) in [4.78, 5) is 23.6. The molecule has 2 N–H and O–H groups in total. The van der Waals surface area contributed by atoms with Crippen molar-refractivity contribution in [2.45, 2.75) is 13.0 Å². The number of aromatic nitrogens is 1. The predicted molar refractivity (Wildman–Crippen MR) is 77.5 cm³/mol. The van der Waals surface area contributed by atoms with Crippen molar-refractivity contribution in [2.75, 3.05) is 0 Å². The van der Waals surface area contributed by atoms with Crippen LogP contribution in [0.2, 0.25) is 0 Å². The fourth-order valence-corrected chi connectivity index (χ4v) is 1.64. The molecule has 1 aromatic heterocycles. The Kier molecular flexibility index (Phi) is 5.08. The molecule has 2 amide bonds. The SMILES string of the molecule is CC(Oc1ccccc1F)C(=O)NNC(=O)c1cc[n+]([O-])cc1. The van der Waals surface area contributed by atoms with E-state index in [4.69, 9.17) is 4.74 Å². The highest BCUT2D eigenvalue weighted by Crippen LogP contribution is 2.16. The number of carbonyl (C=O) groups is 2. The molecule has 7 nitrogen and oxygen atoms in total. The maximum atomic E-state index is 13.4. The van der Waals surface area contributed by atoms with Gasteiger partial charge in [0.25, 0.3) is 11.8 Å². The summed E-state index contributed by atoms with van der Waals surface area (Å²) in [6, 6.07) is 8.27. The Morgan fingerprint density at radius 2 is 1.83 bits per heavy atom. The van der Waals surface area contributed by atoms with Gasteiger partial charge < -0.3 is 9.94 Å². The minimum Gasteiger partial charge on any atom is -0.619 e. The number of ether oxygens (including phenoxy) is 1. The first kappa shape index (κ1) is 16.2. The number of hydrazine groups is 1. The van der Waals surface area contributed by atoms with Gasteiger partial charge in [0, 0.05) is 12.1 Å². The number of pyridine rings is 1. The molecule has 1 atom stereocenters. The molecule has 0 spiro atoms. The number of amides is 2. The van der Waals surface area contributed by atoms with E-state index < -0.39 is 23.7 Å². The van der Waals surface area contributed by atoms with Crippen molar-refractivity contribution in [3.05, 3.63) is 65.4 Å². The Morgan fingerprint density at radius 3 is 2.48 bits per heavy atom. The molecule has 0 saturated carbocycles. The largest absolute Gasteiger partial charge is 0.619 e. The summed E-state index contributed by atoms with van der Waals surface area (Å²) in [5.74, 6) is -1.91. The smallest absolute Gasteiger partial charge is 0.279 e. The highest BCUT2D eigenvalue weighted by Gasteiger charge is 2.17. The van der Waals surface area contributed by atoms with Crippen LogP contribution in [0.4, 0.5) is 4.39 Å². The third-order valence-corrected chi connectivity index (χ3v) is 2.87. The standard InChI is InChI=1S/C15H14FN3O4/c1-10(23-13-5-3-2-4-12(13)16)14(20)17-18-15(21)11-6-8-19(22)9-7-11/h2-10H,1H3,(H,17,20)(H,18,21). The lowest BCUT2D eigenvalue weighted by Gasteiger charge is -2.15. The number of halogens is 1. The van der Waals surface area contributed by atoms with E-state index in [1.165, 1.54) is 37.3 Å². The molecule has 0 bridgehead atoms. The lowest BCUT2D eigenvalue weighted by atomic mass is 10.2. The van der Waals surface area contributed by atoms with E-state index in [1.807, 2.05) is 0 Å². The molecule has 23 heavy (non-hydrogen) atoms. The van der Waals surface area contributed by atoms with E-state index in [1.54, 1.807) is 6.07 Å². The molecule has 0 radical (unpaired) electrons.